The summed E-state index contributed by atoms with van der Waals surface area (Å²) in [5.41, 5.74) is 7.28. The van der Waals surface area contributed by atoms with Gasteiger partial charge < -0.3 is 0 Å². The Kier molecular flexibility index (Phi) is 5.44. The van der Waals surface area contributed by atoms with Crippen molar-refractivity contribution >= 4 is 22.6 Å². The van der Waals surface area contributed by atoms with Crippen molar-refractivity contribution in [3.8, 4) is 0 Å². The fourth-order valence-corrected chi connectivity index (χ4v) is 3.00. The zero-order valence-electron chi connectivity index (χ0n) is 11.7. The molecule has 0 N–H and O–H groups in total. The molecule has 0 unspecified atom stereocenters. The van der Waals surface area contributed by atoms with Gasteiger partial charge in [-0.05, 0) is 60.9 Å². The SMILES string of the molecule is Cc1ccc(CCc2ccccc2C)cc1CCI. The molecule has 0 heterocycles. The largest absolute Gasteiger partial charge is 0.0860 e. The van der Waals surface area contributed by atoms with Crippen molar-refractivity contribution < 1.29 is 0 Å². The lowest BCUT2D eigenvalue weighted by molar-refractivity contribution is 0.942. The molecular formula is C18H21I. The van der Waals surface area contributed by atoms with Crippen molar-refractivity contribution in [2.24, 2.45) is 0 Å². The third-order valence-corrected chi connectivity index (χ3v) is 4.26. The molecule has 0 saturated heterocycles. The smallest absolute Gasteiger partial charge is 0.00359 e. The first-order valence-electron chi connectivity index (χ1n) is 6.89. The van der Waals surface area contributed by atoms with Crippen LogP contribution in [0.3, 0.4) is 0 Å². The van der Waals surface area contributed by atoms with Crippen molar-refractivity contribution in [2.75, 3.05) is 4.43 Å². The molecule has 0 amide bonds. The van der Waals surface area contributed by atoms with E-state index in [4.69, 9.17) is 0 Å². The Balaban J connectivity index is 2.07. The standard InChI is InChI=1S/C18H21I/c1-14-5-3-4-6-17(14)10-9-16-8-7-15(2)18(13-16)11-12-19/h3-8,13H,9-12H2,1-2H3. The van der Waals surface area contributed by atoms with Crippen LogP contribution in [-0.2, 0) is 19.3 Å². The van der Waals surface area contributed by atoms with E-state index >= 15 is 0 Å². The highest BCUT2D eigenvalue weighted by Crippen LogP contribution is 2.16. The number of halogens is 1. The topological polar surface area (TPSA) is 0 Å². The summed E-state index contributed by atoms with van der Waals surface area (Å²) in [7, 11) is 0. The van der Waals surface area contributed by atoms with Crippen molar-refractivity contribution in [1.29, 1.82) is 0 Å². The summed E-state index contributed by atoms with van der Waals surface area (Å²) >= 11 is 2.45. The molecule has 2 rings (SSSR count). The predicted octanol–water partition coefficient (Wildman–Crippen LogP) is 5.07. The molecule has 0 aliphatic rings. The van der Waals surface area contributed by atoms with Crippen LogP contribution in [0.15, 0.2) is 42.5 Å². The minimum absolute atomic E-state index is 1.14. The average Bonchev–Trinajstić information content (AvgIpc) is 2.41. The molecule has 0 spiro atoms. The first-order chi connectivity index (χ1) is 9.20. The molecule has 0 atom stereocenters. The fraction of sp³-hybridized carbons (Fsp3) is 0.333. The van der Waals surface area contributed by atoms with Gasteiger partial charge >= 0.3 is 0 Å². The lowest BCUT2D eigenvalue weighted by Crippen LogP contribution is -1.97. The van der Waals surface area contributed by atoms with Crippen LogP contribution in [0.1, 0.15) is 27.8 Å². The van der Waals surface area contributed by atoms with E-state index in [0.717, 1.165) is 12.8 Å². The Morgan fingerprint density at radius 3 is 2.26 bits per heavy atom. The first kappa shape index (κ1) is 14.6. The molecule has 0 bridgehead atoms. The van der Waals surface area contributed by atoms with Gasteiger partial charge in [-0.25, -0.2) is 0 Å². The van der Waals surface area contributed by atoms with Gasteiger partial charge in [0, 0.05) is 4.43 Å². The number of hydrogen-bond donors (Lipinski definition) is 0. The lowest BCUT2D eigenvalue weighted by atomic mass is 9.97. The maximum atomic E-state index is 2.45. The summed E-state index contributed by atoms with van der Waals surface area (Å²) in [6.07, 6.45) is 3.46. The first-order valence-corrected chi connectivity index (χ1v) is 8.42. The van der Waals surface area contributed by atoms with E-state index in [2.05, 4.69) is 78.9 Å². The Bertz CT molecular complexity index is 543. The fourth-order valence-electron chi connectivity index (χ4n) is 2.42. The molecule has 1 heteroatoms. The van der Waals surface area contributed by atoms with E-state index in [9.17, 15) is 0 Å². The molecule has 0 aliphatic heterocycles. The highest BCUT2D eigenvalue weighted by Gasteiger charge is 2.02. The minimum atomic E-state index is 1.14. The van der Waals surface area contributed by atoms with Crippen LogP contribution in [-0.4, -0.2) is 4.43 Å². The van der Waals surface area contributed by atoms with Gasteiger partial charge in [0.2, 0.25) is 0 Å². The molecule has 0 nitrogen and oxygen atoms in total. The van der Waals surface area contributed by atoms with Gasteiger partial charge in [0.15, 0.2) is 0 Å². The van der Waals surface area contributed by atoms with Crippen LogP contribution in [0.4, 0.5) is 0 Å². The molecule has 0 fully saturated rings. The number of benzene rings is 2. The van der Waals surface area contributed by atoms with Gasteiger partial charge in [-0.2, -0.15) is 0 Å². The van der Waals surface area contributed by atoms with Gasteiger partial charge in [0.1, 0.15) is 0 Å². The monoisotopic (exact) mass is 364 g/mol. The third-order valence-electron chi connectivity index (χ3n) is 3.72. The van der Waals surface area contributed by atoms with Crippen LogP contribution >= 0.6 is 22.6 Å². The van der Waals surface area contributed by atoms with E-state index < -0.39 is 0 Å². The van der Waals surface area contributed by atoms with Gasteiger partial charge in [-0.1, -0.05) is 65.1 Å². The van der Waals surface area contributed by atoms with Crippen LogP contribution in [0.25, 0.3) is 0 Å². The average molecular weight is 364 g/mol. The molecule has 0 aliphatic carbocycles. The summed E-state index contributed by atoms with van der Waals surface area (Å²) < 4.78 is 1.19. The second-order valence-corrected chi connectivity index (χ2v) is 6.21. The summed E-state index contributed by atoms with van der Waals surface area (Å²) in [6, 6.07) is 15.6. The molecule has 0 aromatic heterocycles. The maximum absolute atomic E-state index is 2.45. The van der Waals surface area contributed by atoms with E-state index in [1.807, 2.05) is 0 Å². The summed E-state index contributed by atoms with van der Waals surface area (Å²) in [5, 5.41) is 0. The highest BCUT2D eigenvalue weighted by molar-refractivity contribution is 14.1. The predicted molar refractivity (Wildman–Crippen MR) is 92.4 cm³/mol. The number of rotatable bonds is 5. The van der Waals surface area contributed by atoms with Crippen LogP contribution in [0.5, 0.6) is 0 Å². The summed E-state index contributed by atoms with van der Waals surface area (Å²) in [4.78, 5) is 0. The van der Waals surface area contributed by atoms with Crippen LogP contribution in [0.2, 0.25) is 0 Å². The van der Waals surface area contributed by atoms with Gasteiger partial charge in [-0.15, -0.1) is 0 Å². The van der Waals surface area contributed by atoms with Crippen molar-refractivity contribution in [2.45, 2.75) is 33.1 Å². The van der Waals surface area contributed by atoms with E-state index in [-0.39, 0.29) is 0 Å². The van der Waals surface area contributed by atoms with Crippen LogP contribution in [0, 0.1) is 13.8 Å². The van der Waals surface area contributed by atoms with E-state index in [1.54, 1.807) is 0 Å². The molecule has 0 radical (unpaired) electrons. The third kappa shape index (κ3) is 4.07. The minimum Gasteiger partial charge on any atom is -0.0860 e. The van der Waals surface area contributed by atoms with E-state index in [0.29, 0.717) is 0 Å². The number of aryl methyl sites for hydroxylation is 5. The normalized spacial score (nSPS) is 10.7. The second-order valence-electron chi connectivity index (χ2n) is 5.13. The Hall–Kier alpha value is -0.830. The van der Waals surface area contributed by atoms with Crippen LogP contribution < -0.4 is 0 Å². The number of alkyl halides is 1. The molecule has 100 valence electrons. The molecule has 2 aromatic carbocycles. The van der Waals surface area contributed by atoms with Gasteiger partial charge in [0.05, 0.1) is 0 Å². The molecular weight excluding hydrogens is 343 g/mol. The summed E-state index contributed by atoms with van der Waals surface area (Å²) in [5.74, 6) is 0. The Morgan fingerprint density at radius 1 is 0.789 bits per heavy atom. The quantitative estimate of drug-likeness (QED) is 0.514. The zero-order chi connectivity index (χ0) is 13.7. The maximum Gasteiger partial charge on any atom is 0.00359 e. The second kappa shape index (κ2) is 7.09. The Morgan fingerprint density at radius 2 is 1.53 bits per heavy atom. The highest BCUT2D eigenvalue weighted by atomic mass is 127. The van der Waals surface area contributed by atoms with Crippen molar-refractivity contribution in [3.63, 3.8) is 0 Å². The molecule has 2 aromatic rings. The lowest BCUT2D eigenvalue weighted by Gasteiger charge is -2.09. The molecule has 19 heavy (non-hydrogen) atoms. The van der Waals surface area contributed by atoms with E-state index in [1.165, 1.54) is 38.7 Å². The van der Waals surface area contributed by atoms with Crippen molar-refractivity contribution in [1.82, 2.24) is 0 Å². The van der Waals surface area contributed by atoms with Gasteiger partial charge in [-0.3, -0.25) is 0 Å². The number of hydrogen-bond acceptors (Lipinski definition) is 0. The van der Waals surface area contributed by atoms with Crippen molar-refractivity contribution in [3.05, 3.63) is 70.3 Å². The summed E-state index contributed by atoms with van der Waals surface area (Å²) in [6.45, 7) is 4.42. The zero-order valence-corrected chi connectivity index (χ0v) is 13.9. The Labute approximate surface area is 130 Å². The molecule has 0 saturated carbocycles. The van der Waals surface area contributed by atoms with Gasteiger partial charge in [0.25, 0.3) is 0 Å².